The summed E-state index contributed by atoms with van der Waals surface area (Å²) in [6, 6.07) is 10.3. The number of carbonyl (C=O) groups excluding carboxylic acids is 1. The fraction of sp³-hybridized carbons (Fsp3) is 0.158. The third-order valence-corrected chi connectivity index (χ3v) is 5.49. The van der Waals surface area contributed by atoms with Crippen LogP contribution in [-0.4, -0.2) is 29.7 Å². The second-order valence-electron chi connectivity index (χ2n) is 5.72. The van der Waals surface area contributed by atoms with E-state index in [4.69, 9.17) is 9.47 Å². The van der Waals surface area contributed by atoms with Crippen molar-refractivity contribution in [2.24, 2.45) is 4.99 Å². The predicted molar refractivity (Wildman–Crippen MR) is 121 cm³/mol. The normalized spacial score (nSPS) is 16.2. The molecule has 0 unspecified atom stereocenters. The number of rotatable bonds is 6. The van der Waals surface area contributed by atoms with Gasteiger partial charge in [0, 0.05) is 6.07 Å². The van der Waals surface area contributed by atoms with Crippen molar-refractivity contribution in [1.82, 2.24) is 5.32 Å². The number of amidine groups is 1. The summed E-state index contributed by atoms with van der Waals surface area (Å²) < 4.78 is 11.1. The number of nitro benzene ring substituents is 1. The third-order valence-electron chi connectivity index (χ3n) is 3.77. The maximum atomic E-state index is 12.3. The number of nitrogens with zero attached hydrogens (tertiary/aromatic N) is 2. The van der Waals surface area contributed by atoms with E-state index in [-0.39, 0.29) is 17.3 Å². The van der Waals surface area contributed by atoms with Crippen molar-refractivity contribution < 1.29 is 19.2 Å². The summed E-state index contributed by atoms with van der Waals surface area (Å²) in [7, 11) is 1.38. The van der Waals surface area contributed by atoms with E-state index >= 15 is 0 Å². The van der Waals surface area contributed by atoms with Gasteiger partial charge in [-0.1, -0.05) is 0 Å². The van der Waals surface area contributed by atoms with Gasteiger partial charge in [-0.2, -0.15) is 0 Å². The second kappa shape index (κ2) is 9.27. The zero-order valence-electron chi connectivity index (χ0n) is 15.5. The molecule has 1 amide bonds. The molecule has 3 rings (SSSR count). The zero-order valence-corrected chi connectivity index (χ0v) is 18.4. The van der Waals surface area contributed by atoms with Gasteiger partial charge in [-0.05, 0) is 83.2 Å². The Bertz CT molecular complexity index is 1020. The second-order valence-corrected chi connectivity index (χ2v) is 7.91. The Balaban J connectivity index is 1.85. The molecule has 0 atom stereocenters. The maximum absolute atomic E-state index is 12.3. The number of amides is 1. The molecule has 150 valence electrons. The Kier molecular flexibility index (Phi) is 6.75. The summed E-state index contributed by atoms with van der Waals surface area (Å²) in [4.78, 5) is 27.9. The van der Waals surface area contributed by atoms with Crippen molar-refractivity contribution >= 4 is 62.9 Å². The van der Waals surface area contributed by atoms with Gasteiger partial charge in [-0.3, -0.25) is 14.9 Å². The zero-order chi connectivity index (χ0) is 21.0. The van der Waals surface area contributed by atoms with Gasteiger partial charge in [0.05, 0.1) is 32.8 Å². The van der Waals surface area contributed by atoms with Gasteiger partial charge in [0.15, 0.2) is 5.17 Å². The number of benzene rings is 2. The highest BCUT2D eigenvalue weighted by Gasteiger charge is 2.25. The highest BCUT2D eigenvalue weighted by atomic mass is 127. The van der Waals surface area contributed by atoms with Crippen LogP contribution in [0.25, 0.3) is 6.08 Å². The van der Waals surface area contributed by atoms with Crippen LogP contribution in [0.2, 0.25) is 0 Å². The van der Waals surface area contributed by atoms with Crippen LogP contribution in [-0.2, 0) is 4.79 Å². The minimum Gasteiger partial charge on any atom is -0.494 e. The van der Waals surface area contributed by atoms with Crippen LogP contribution in [0.3, 0.4) is 0 Å². The molecule has 10 heteroatoms. The smallest absolute Gasteiger partial charge is 0.312 e. The number of aliphatic imine (C=N–C) groups is 1. The lowest BCUT2D eigenvalue weighted by atomic mass is 10.1. The van der Waals surface area contributed by atoms with Crippen LogP contribution in [0, 0.1) is 13.7 Å². The van der Waals surface area contributed by atoms with Gasteiger partial charge >= 0.3 is 5.69 Å². The summed E-state index contributed by atoms with van der Waals surface area (Å²) in [5.74, 6) is 0.628. The number of nitro groups is 1. The molecular formula is C19H16IN3O5S. The molecule has 8 nitrogen and oxygen atoms in total. The lowest BCUT2D eigenvalue weighted by Gasteiger charge is -2.05. The Morgan fingerprint density at radius 3 is 2.66 bits per heavy atom. The van der Waals surface area contributed by atoms with Crippen molar-refractivity contribution in [3.63, 3.8) is 0 Å². The van der Waals surface area contributed by atoms with E-state index < -0.39 is 4.92 Å². The first-order chi connectivity index (χ1) is 13.9. The van der Waals surface area contributed by atoms with Crippen molar-refractivity contribution in [1.29, 1.82) is 0 Å². The molecule has 1 aliphatic rings. The minimum absolute atomic E-state index is 0.155. The minimum atomic E-state index is -0.510. The molecule has 0 spiro atoms. The van der Waals surface area contributed by atoms with Gasteiger partial charge in [0.2, 0.25) is 5.75 Å². The predicted octanol–water partition coefficient (Wildman–Crippen LogP) is 4.50. The summed E-state index contributed by atoms with van der Waals surface area (Å²) in [6.45, 7) is 2.49. The number of thioether (sulfide) groups is 1. The molecule has 2 aromatic rings. The average Bonchev–Trinajstić information content (AvgIpc) is 3.02. The van der Waals surface area contributed by atoms with Crippen molar-refractivity contribution in [2.75, 3.05) is 13.7 Å². The van der Waals surface area contributed by atoms with Crippen LogP contribution in [0.1, 0.15) is 12.5 Å². The van der Waals surface area contributed by atoms with Crippen molar-refractivity contribution in [2.45, 2.75) is 6.92 Å². The van der Waals surface area contributed by atoms with Gasteiger partial charge < -0.3 is 14.8 Å². The Hall–Kier alpha value is -2.60. The van der Waals surface area contributed by atoms with Gasteiger partial charge in [-0.25, -0.2) is 4.99 Å². The van der Waals surface area contributed by atoms with E-state index in [0.717, 1.165) is 5.75 Å². The molecule has 1 fully saturated rings. The largest absolute Gasteiger partial charge is 0.494 e. The van der Waals surface area contributed by atoms with E-state index in [1.54, 1.807) is 36.4 Å². The lowest BCUT2D eigenvalue weighted by molar-refractivity contribution is -0.385. The number of ether oxygens (including phenoxy) is 2. The van der Waals surface area contributed by atoms with Crippen LogP contribution >= 0.6 is 34.4 Å². The summed E-state index contributed by atoms with van der Waals surface area (Å²) in [5.41, 5.74) is 1.05. The first-order valence-corrected chi connectivity index (χ1v) is 10.3. The monoisotopic (exact) mass is 525 g/mol. The molecule has 1 saturated heterocycles. The van der Waals surface area contributed by atoms with Crippen LogP contribution in [0.5, 0.6) is 11.5 Å². The molecule has 29 heavy (non-hydrogen) atoms. The molecular weight excluding hydrogens is 509 g/mol. The number of nitrogens with one attached hydrogen (secondary N) is 1. The average molecular weight is 525 g/mol. The van der Waals surface area contributed by atoms with E-state index in [1.807, 2.05) is 29.5 Å². The molecule has 1 aliphatic heterocycles. The van der Waals surface area contributed by atoms with E-state index in [2.05, 4.69) is 10.3 Å². The number of methoxy groups -OCH3 is 1. The van der Waals surface area contributed by atoms with Crippen LogP contribution in [0.15, 0.2) is 46.3 Å². The van der Waals surface area contributed by atoms with Gasteiger partial charge in [0.1, 0.15) is 5.75 Å². The lowest BCUT2D eigenvalue weighted by Crippen LogP contribution is -2.19. The summed E-state index contributed by atoms with van der Waals surface area (Å²) in [5, 5.41) is 14.4. The number of halogens is 1. The fourth-order valence-corrected chi connectivity index (χ4v) is 4.25. The first-order valence-electron chi connectivity index (χ1n) is 8.45. The molecule has 2 aromatic carbocycles. The SMILES string of the molecule is CCOc1ccc(N=C2NC(=O)/C(=C/c3cc(I)c(OC)c([N+](=O)[O-])c3)S2)cc1. The maximum Gasteiger partial charge on any atom is 0.312 e. The van der Waals surface area contributed by atoms with Gasteiger partial charge in [0.25, 0.3) is 5.91 Å². The first kappa shape index (κ1) is 21.1. The number of hydrogen-bond acceptors (Lipinski definition) is 7. The Morgan fingerprint density at radius 1 is 1.31 bits per heavy atom. The Morgan fingerprint density at radius 2 is 2.03 bits per heavy atom. The van der Waals surface area contributed by atoms with E-state index in [0.29, 0.717) is 31.5 Å². The summed E-state index contributed by atoms with van der Waals surface area (Å²) >= 11 is 3.13. The number of hydrogen-bond donors (Lipinski definition) is 1. The van der Waals surface area contributed by atoms with Crippen LogP contribution < -0.4 is 14.8 Å². The molecule has 1 N–H and O–H groups in total. The summed E-state index contributed by atoms with van der Waals surface area (Å²) in [6.07, 6.45) is 1.59. The molecule has 0 saturated carbocycles. The van der Waals surface area contributed by atoms with Crippen LogP contribution in [0.4, 0.5) is 11.4 Å². The third kappa shape index (κ3) is 5.07. The van der Waals surface area contributed by atoms with E-state index in [9.17, 15) is 14.9 Å². The van der Waals surface area contributed by atoms with Crippen molar-refractivity contribution in [3.8, 4) is 11.5 Å². The highest BCUT2D eigenvalue weighted by Crippen LogP contribution is 2.35. The topological polar surface area (TPSA) is 103 Å². The van der Waals surface area contributed by atoms with E-state index in [1.165, 1.54) is 24.9 Å². The molecule has 0 radical (unpaired) electrons. The number of carbonyl (C=O) groups is 1. The standard InChI is InChI=1S/C19H16IN3O5S/c1-3-28-13-6-4-12(5-7-13)21-19-22-18(24)16(29-19)10-11-8-14(20)17(27-2)15(9-11)23(25)26/h4-10H,3H2,1-2H3,(H,21,22,24)/b16-10-. The fourth-order valence-electron chi connectivity index (χ4n) is 2.55. The van der Waals surface area contributed by atoms with Crippen molar-refractivity contribution in [3.05, 3.63) is 60.6 Å². The molecule has 0 bridgehead atoms. The molecule has 0 aliphatic carbocycles. The molecule has 0 aromatic heterocycles. The molecule has 1 heterocycles. The van der Waals surface area contributed by atoms with Gasteiger partial charge in [-0.15, -0.1) is 0 Å². The quantitative estimate of drug-likeness (QED) is 0.258. The highest BCUT2D eigenvalue weighted by molar-refractivity contribution is 14.1. The Labute approximate surface area is 184 Å².